The average Bonchev–Trinajstić information content (AvgIpc) is 3.70. The zero-order valence-corrected chi connectivity index (χ0v) is 32.9. The van der Waals surface area contributed by atoms with Gasteiger partial charge >= 0.3 is 0 Å². The summed E-state index contributed by atoms with van der Waals surface area (Å²) in [5, 5.41) is 4.78. The van der Waals surface area contributed by atoms with E-state index >= 15 is 0 Å². The summed E-state index contributed by atoms with van der Waals surface area (Å²) in [7, 11) is 0. The Hall–Kier alpha value is -7.94. The Balaban J connectivity index is 0.938. The molecule has 11 rings (SSSR count). The van der Waals surface area contributed by atoms with Crippen LogP contribution in [0.1, 0.15) is 0 Å². The van der Waals surface area contributed by atoms with Crippen molar-refractivity contribution in [2.75, 3.05) is 4.90 Å². The van der Waals surface area contributed by atoms with Crippen LogP contribution in [0.5, 0.6) is 0 Å². The number of anilines is 3. The summed E-state index contributed by atoms with van der Waals surface area (Å²) < 4.78 is 6.24. The number of rotatable bonds is 8. The van der Waals surface area contributed by atoms with E-state index in [9.17, 15) is 0 Å². The van der Waals surface area contributed by atoms with Crippen molar-refractivity contribution in [1.82, 2.24) is 0 Å². The minimum absolute atomic E-state index is 0.899. The van der Waals surface area contributed by atoms with Crippen molar-refractivity contribution in [3.8, 4) is 55.6 Å². The van der Waals surface area contributed by atoms with Gasteiger partial charge in [-0.3, -0.25) is 0 Å². The maximum absolute atomic E-state index is 6.24. The van der Waals surface area contributed by atoms with Crippen molar-refractivity contribution in [1.29, 1.82) is 0 Å². The average molecular weight is 766 g/mol. The van der Waals surface area contributed by atoms with E-state index in [2.05, 4.69) is 229 Å². The standard InChI is InChI=1S/C58H39NO/c1-2-13-43(14-3-1)53-20-6-8-22-56(53)59(52-33-28-42(29-34-52)50-30-35-55-54-21-7-9-23-57(54)60-58(55)39-50)51-31-26-41(27-32-51)45-16-10-17-46(36-45)47-18-11-19-48(38-47)49-25-24-40-12-4-5-15-44(40)37-49/h1-39H. The van der Waals surface area contributed by atoms with Crippen LogP contribution in [0.25, 0.3) is 88.3 Å². The van der Waals surface area contributed by atoms with Gasteiger partial charge in [-0.1, -0.05) is 170 Å². The molecular weight excluding hydrogens is 727 g/mol. The summed E-state index contributed by atoms with van der Waals surface area (Å²) in [4.78, 5) is 2.37. The Bertz CT molecular complexity index is 3310. The molecule has 0 saturated heterocycles. The van der Waals surface area contributed by atoms with Crippen molar-refractivity contribution in [2.45, 2.75) is 0 Å². The smallest absolute Gasteiger partial charge is 0.136 e. The molecule has 0 saturated carbocycles. The largest absolute Gasteiger partial charge is 0.456 e. The van der Waals surface area contributed by atoms with Gasteiger partial charge < -0.3 is 9.32 Å². The molecule has 0 N–H and O–H groups in total. The Kier molecular flexibility index (Phi) is 8.87. The Morgan fingerprint density at radius 1 is 0.267 bits per heavy atom. The Labute approximate surface area is 349 Å². The third-order valence-corrected chi connectivity index (χ3v) is 11.7. The van der Waals surface area contributed by atoms with Gasteiger partial charge in [-0.15, -0.1) is 0 Å². The predicted molar refractivity (Wildman–Crippen MR) is 253 cm³/mol. The number of para-hydroxylation sites is 2. The van der Waals surface area contributed by atoms with Gasteiger partial charge in [0.25, 0.3) is 0 Å². The lowest BCUT2D eigenvalue weighted by molar-refractivity contribution is 0.669. The van der Waals surface area contributed by atoms with Crippen molar-refractivity contribution < 1.29 is 4.42 Å². The fourth-order valence-corrected chi connectivity index (χ4v) is 8.59. The number of fused-ring (bicyclic) bond motifs is 4. The fraction of sp³-hybridized carbons (Fsp3) is 0. The monoisotopic (exact) mass is 765 g/mol. The number of hydrogen-bond acceptors (Lipinski definition) is 2. The van der Waals surface area contributed by atoms with E-state index in [-0.39, 0.29) is 0 Å². The molecule has 0 aliphatic rings. The highest BCUT2D eigenvalue weighted by Gasteiger charge is 2.18. The molecule has 1 heterocycles. The highest BCUT2D eigenvalue weighted by molar-refractivity contribution is 6.06. The van der Waals surface area contributed by atoms with E-state index in [1.54, 1.807) is 0 Å². The molecule has 0 amide bonds. The molecule has 0 fully saturated rings. The molecule has 0 bridgehead atoms. The van der Waals surface area contributed by atoms with Gasteiger partial charge in [0.15, 0.2) is 0 Å². The number of furan rings is 1. The maximum atomic E-state index is 6.24. The minimum Gasteiger partial charge on any atom is -0.456 e. The maximum Gasteiger partial charge on any atom is 0.136 e. The normalized spacial score (nSPS) is 11.3. The SMILES string of the molecule is c1ccc(-c2ccccc2N(c2ccc(-c3cccc(-c4cccc(-c5ccc6ccccc6c5)c4)c3)cc2)c2ccc(-c3ccc4c(c3)oc3ccccc34)cc2)cc1. The second kappa shape index (κ2) is 15.1. The number of benzene rings is 10. The van der Waals surface area contributed by atoms with Gasteiger partial charge in [0, 0.05) is 27.7 Å². The molecule has 11 aromatic rings. The topological polar surface area (TPSA) is 16.4 Å². The molecular formula is C58H39NO. The number of hydrogen-bond donors (Lipinski definition) is 0. The van der Waals surface area contributed by atoms with Crippen LogP contribution in [0.15, 0.2) is 241 Å². The lowest BCUT2D eigenvalue weighted by atomic mass is 9.95. The van der Waals surface area contributed by atoms with Gasteiger partial charge in [0.2, 0.25) is 0 Å². The van der Waals surface area contributed by atoms with E-state index in [0.717, 1.165) is 50.1 Å². The summed E-state index contributed by atoms with van der Waals surface area (Å²) in [6.45, 7) is 0. The third-order valence-electron chi connectivity index (χ3n) is 11.7. The van der Waals surface area contributed by atoms with Crippen molar-refractivity contribution in [3.05, 3.63) is 237 Å². The molecule has 60 heavy (non-hydrogen) atoms. The minimum atomic E-state index is 0.899. The van der Waals surface area contributed by atoms with Crippen LogP contribution in [0.2, 0.25) is 0 Å². The molecule has 0 unspecified atom stereocenters. The zero-order valence-electron chi connectivity index (χ0n) is 32.9. The molecule has 2 nitrogen and oxygen atoms in total. The first-order chi connectivity index (χ1) is 29.7. The van der Waals surface area contributed by atoms with Crippen LogP contribution in [0.3, 0.4) is 0 Å². The summed E-state index contributed by atoms with van der Waals surface area (Å²) in [6, 6.07) is 84.9. The van der Waals surface area contributed by atoms with Gasteiger partial charge in [0.1, 0.15) is 11.2 Å². The Morgan fingerprint density at radius 2 is 0.750 bits per heavy atom. The van der Waals surface area contributed by atoms with Crippen molar-refractivity contribution in [3.63, 3.8) is 0 Å². The van der Waals surface area contributed by atoms with E-state index in [1.165, 1.54) is 55.3 Å². The molecule has 2 heteroatoms. The first-order valence-corrected chi connectivity index (χ1v) is 20.5. The van der Waals surface area contributed by atoms with Gasteiger partial charge in [-0.2, -0.15) is 0 Å². The van der Waals surface area contributed by atoms with Crippen LogP contribution in [0, 0.1) is 0 Å². The van der Waals surface area contributed by atoms with E-state index in [1.807, 2.05) is 12.1 Å². The molecule has 10 aromatic carbocycles. The van der Waals surface area contributed by atoms with Crippen LogP contribution < -0.4 is 4.90 Å². The van der Waals surface area contributed by atoms with E-state index in [4.69, 9.17) is 4.42 Å². The summed E-state index contributed by atoms with van der Waals surface area (Å²) >= 11 is 0. The molecule has 0 aliphatic carbocycles. The first-order valence-electron chi connectivity index (χ1n) is 20.5. The quantitative estimate of drug-likeness (QED) is 0.153. The molecule has 0 aliphatic heterocycles. The summed E-state index contributed by atoms with van der Waals surface area (Å²) in [5.74, 6) is 0. The highest BCUT2D eigenvalue weighted by atomic mass is 16.3. The molecule has 282 valence electrons. The summed E-state index contributed by atoms with van der Waals surface area (Å²) in [5.41, 5.74) is 16.8. The second-order valence-corrected chi connectivity index (χ2v) is 15.3. The second-order valence-electron chi connectivity index (χ2n) is 15.3. The third kappa shape index (κ3) is 6.61. The van der Waals surface area contributed by atoms with Gasteiger partial charge in [-0.05, 0) is 128 Å². The van der Waals surface area contributed by atoms with Gasteiger partial charge in [0.05, 0.1) is 5.69 Å². The summed E-state index contributed by atoms with van der Waals surface area (Å²) in [6.07, 6.45) is 0. The van der Waals surface area contributed by atoms with Crippen molar-refractivity contribution >= 4 is 49.8 Å². The number of nitrogens with zero attached hydrogens (tertiary/aromatic N) is 1. The Morgan fingerprint density at radius 3 is 1.45 bits per heavy atom. The van der Waals surface area contributed by atoms with Gasteiger partial charge in [-0.25, -0.2) is 0 Å². The van der Waals surface area contributed by atoms with Crippen LogP contribution >= 0.6 is 0 Å². The van der Waals surface area contributed by atoms with E-state index < -0.39 is 0 Å². The molecule has 0 radical (unpaired) electrons. The molecule has 0 spiro atoms. The van der Waals surface area contributed by atoms with Crippen LogP contribution in [0.4, 0.5) is 17.1 Å². The zero-order chi connectivity index (χ0) is 39.8. The predicted octanol–water partition coefficient (Wildman–Crippen LogP) is 16.5. The lowest BCUT2D eigenvalue weighted by Crippen LogP contribution is -2.11. The highest BCUT2D eigenvalue weighted by Crippen LogP contribution is 2.42. The van der Waals surface area contributed by atoms with Crippen molar-refractivity contribution in [2.24, 2.45) is 0 Å². The first kappa shape index (κ1) is 35.2. The molecule has 1 aromatic heterocycles. The van der Waals surface area contributed by atoms with Crippen LogP contribution in [-0.2, 0) is 0 Å². The fourth-order valence-electron chi connectivity index (χ4n) is 8.59. The lowest BCUT2D eigenvalue weighted by Gasteiger charge is -2.28. The van der Waals surface area contributed by atoms with Crippen LogP contribution in [-0.4, -0.2) is 0 Å². The molecule has 0 atom stereocenters. The van der Waals surface area contributed by atoms with E-state index in [0.29, 0.717) is 0 Å².